The van der Waals surface area contributed by atoms with Crippen LogP contribution in [0.4, 0.5) is 4.39 Å². The molecule has 1 amide bonds. The largest absolute Gasteiger partial charge is 0.387 e. The molecule has 0 bridgehead atoms. The number of hydrogen-bond donors (Lipinski definition) is 3. The Bertz CT molecular complexity index is 844. The molecule has 8 atom stereocenters. The lowest BCUT2D eigenvalue weighted by atomic mass is 9.65. The average molecular weight is 530 g/mol. The highest BCUT2D eigenvalue weighted by atomic mass is 19.1. The summed E-state index contributed by atoms with van der Waals surface area (Å²) in [6, 6.07) is 1.13. The van der Waals surface area contributed by atoms with Crippen LogP contribution in [-0.4, -0.2) is 71.5 Å². The van der Waals surface area contributed by atoms with Crippen molar-refractivity contribution in [2.75, 3.05) is 19.6 Å². The molecule has 4 aliphatic carbocycles. The maximum absolute atomic E-state index is 13.9. The minimum atomic E-state index is -0.653. The second-order valence-corrected chi connectivity index (χ2v) is 14.0. The zero-order valence-corrected chi connectivity index (χ0v) is 23.5. The van der Waals surface area contributed by atoms with Crippen LogP contribution in [0.15, 0.2) is 0 Å². The molecule has 2 heterocycles. The summed E-state index contributed by atoms with van der Waals surface area (Å²) in [6.45, 7) is 2.57. The second-order valence-electron chi connectivity index (χ2n) is 14.0. The van der Waals surface area contributed by atoms with Crippen molar-refractivity contribution in [3.05, 3.63) is 0 Å². The molecule has 7 unspecified atom stereocenters. The SMILES string of the molecule is N=C(N)C1CCC2CC(C(=O)NC3CCC(N4CC[C@H](F)C4)CC3)N(CC3CCCC4CCCCC43)C2C1. The van der Waals surface area contributed by atoms with Crippen molar-refractivity contribution in [3.8, 4) is 0 Å². The molecule has 2 saturated heterocycles. The van der Waals surface area contributed by atoms with Crippen molar-refractivity contribution >= 4 is 11.7 Å². The van der Waals surface area contributed by atoms with Gasteiger partial charge in [-0.3, -0.25) is 20.0 Å². The minimum Gasteiger partial charge on any atom is -0.387 e. The van der Waals surface area contributed by atoms with Gasteiger partial charge in [-0.05, 0) is 94.3 Å². The maximum atomic E-state index is 13.9. The monoisotopic (exact) mass is 529 g/mol. The van der Waals surface area contributed by atoms with Crippen LogP contribution in [0.1, 0.15) is 103 Å². The van der Waals surface area contributed by atoms with Crippen molar-refractivity contribution in [3.63, 3.8) is 0 Å². The predicted octanol–water partition coefficient (Wildman–Crippen LogP) is 4.86. The first-order chi connectivity index (χ1) is 18.5. The molecular weight excluding hydrogens is 477 g/mol. The topological polar surface area (TPSA) is 85.4 Å². The Labute approximate surface area is 229 Å². The second kappa shape index (κ2) is 11.7. The Morgan fingerprint density at radius 3 is 2.45 bits per heavy atom. The van der Waals surface area contributed by atoms with Crippen LogP contribution in [-0.2, 0) is 4.79 Å². The van der Waals surface area contributed by atoms with E-state index in [0.717, 1.165) is 82.2 Å². The van der Waals surface area contributed by atoms with E-state index in [9.17, 15) is 9.18 Å². The van der Waals surface area contributed by atoms with Gasteiger partial charge in [0.1, 0.15) is 6.17 Å². The Hall–Kier alpha value is -1.21. The van der Waals surface area contributed by atoms with Crippen LogP contribution in [0.3, 0.4) is 0 Å². The number of nitrogens with two attached hydrogens (primary N) is 1. The summed E-state index contributed by atoms with van der Waals surface area (Å²) < 4.78 is 13.7. The van der Waals surface area contributed by atoms with E-state index in [1.165, 1.54) is 44.9 Å². The molecule has 4 saturated carbocycles. The van der Waals surface area contributed by atoms with E-state index in [1.54, 1.807) is 0 Å². The number of hydrogen-bond acceptors (Lipinski definition) is 4. The lowest BCUT2D eigenvalue weighted by molar-refractivity contribution is -0.127. The number of rotatable bonds is 6. The van der Waals surface area contributed by atoms with Crippen LogP contribution in [0.5, 0.6) is 0 Å². The molecule has 0 spiro atoms. The summed E-state index contributed by atoms with van der Waals surface area (Å²) in [5, 5.41) is 11.6. The van der Waals surface area contributed by atoms with Gasteiger partial charge >= 0.3 is 0 Å². The van der Waals surface area contributed by atoms with E-state index < -0.39 is 6.17 Å². The van der Waals surface area contributed by atoms with E-state index >= 15 is 0 Å². The minimum absolute atomic E-state index is 0.0247. The number of alkyl halides is 1. The van der Waals surface area contributed by atoms with E-state index in [1.807, 2.05) is 0 Å². The van der Waals surface area contributed by atoms with E-state index in [2.05, 4.69) is 15.1 Å². The fourth-order valence-electron chi connectivity index (χ4n) is 9.87. The third-order valence-corrected chi connectivity index (χ3v) is 11.9. The van der Waals surface area contributed by atoms with Crippen LogP contribution in [0.25, 0.3) is 0 Å². The standard InChI is InChI=1S/C31H52FN5O/c32-24-14-15-36(19-24)26-12-10-25(11-13-26)35-31(38)29-16-21-8-9-22(30(33)34)17-28(21)37(29)18-23-6-3-5-20-4-1-2-7-27(20)23/h20-29H,1-19H2,(H3,33,34)(H,35,38)/t20?,21?,22?,23?,24-,25?,26?,27?,28?,29?/m0/s1. The number of carbonyl (C=O) groups is 1. The molecule has 2 aliphatic heterocycles. The average Bonchev–Trinajstić information content (AvgIpc) is 3.52. The number of amidine groups is 1. The molecule has 38 heavy (non-hydrogen) atoms. The zero-order chi connectivity index (χ0) is 26.2. The number of nitrogens with zero attached hydrogens (tertiary/aromatic N) is 2. The van der Waals surface area contributed by atoms with E-state index in [0.29, 0.717) is 36.8 Å². The Morgan fingerprint density at radius 2 is 1.68 bits per heavy atom. The highest BCUT2D eigenvalue weighted by Crippen LogP contribution is 2.47. The third-order valence-electron chi connectivity index (χ3n) is 11.9. The molecule has 0 radical (unpaired) electrons. The number of likely N-dealkylation sites (tertiary alicyclic amines) is 2. The molecular formula is C31H52FN5O. The van der Waals surface area contributed by atoms with Gasteiger partial charge in [0, 0.05) is 43.7 Å². The molecule has 6 aliphatic rings. The molecule has 6 nitrogen and oxygen atoms in total. The fraction of sp³-hybridized carbons (Fsp3) is 0.935. The van der Waals surface area contributed by atoms with Gasteiger partial charge in [-0.25, -0.2) is 4.39 Å². The lowest BCUT2D eigenvalue weighted by Crippen LogP contribution is -2.53. The number of fused-ring (bicyclic) bond motifs is 2. The molecule has 0 aromatic rings. The summed E-state index contributed by atoms with van der Waals surface area (Å²) in [7, 11) is 0. The molecule has 4 N–H and O–H groups in total. The van der Waals surface area contributed by atoms with Crippen LogP contribution in [0, 0.1) is 35.0 Å². The quantitative estimate of drug-likeness (QED) is 0.339. The molecule has 6 fully saturated rings. The number of carbonyl (C=O) groups excluding carboxylic acids is 1. The van der Waals surface area contributed by atoms with E-state index in [-0.39, 0.29) is 23.9 Å². The fourth-order valence-corrected chi connectivity index (χ4v) is 9.87. The summed E-state index contributed by atoms with van der Waals surface area (Å²) in [4.78, 5) is 18.9. The van der Waals surface area contributed by atoms with Crippen LogP contribution in [0.2, 0.25) is 0 Å². The summed E-state index contributed by atoms with van der Waals surface area (Å²) >= 11 is 0. The number of amides is 1. The Balaban J connectivity index is 1.11. The van der Waals surface area contributed by atoms with Gasteiger partial charge in [0.15, 0.2) is 0 Å². The summed E-state index contributed by atoms with van der Waals surface area (Å²) in [5.41, 5.74) is 6.01. The Morgan fingerprint density at radius 1 is 0.895 bits per heavy atom. The smallest absolute Gasteiger partial charge is 0.237 e. The summed E-state index contributed by atoms with van der Waals surface area (Å²) in [5.74, 6) is 3.81. The van der Waals surface area contributed by atoms with E-state index in [4.69, 9.17) is 11.1 Å². The van der Waals surface area contributed by atoms with Crippen molar-refractivity contribution in [1.82, 2.24) is 15.1 Å². The van der Waals surface area contributed by atoms with Crippen LogP contribution >= 0.6 is 0 Å². The van der Waals surface area contributed by atoms with Crippen molar-refractivity contribution in [2.45, 2.75) is 133 Å². The highest BCUT2D eigenvalue weighted by Gasteiger charge is 2.49. The first-order valence-corrected chi connectivity index (χ1v) is 16.2. The summed E-state index contributed by atoms with van der Waals surface area (Å²) in [6.07, 6.45) is 17.9. The third kappa shape index (κ3) is 5.66. The Kier molecular flexibility index (Phi) is 8.32. The maximum Gasteiger partial charge on any atom is 0.237 e. The van der Waals surface area contributed by atoms with Crippen LogP contribution < -0.4 is 11.1 Å². The predicted molar refractivity (Wildman–Crippen MR) is 150 cm³/mol. The van der Waals surface area contributed by atoms with Gasteiger partial charge in [-0.15, -0.1) is 0 Å². The van der Waals surface area contributed by atoms with Gasteiger partial charge in [-0.2, -0.15) is 0 Å². The van der Waals surface area contributed by atoms with Gasteiger partial charge in [-0.1, -0.05) is 32.1 Å². The normalized spacial score (nSPS) is 44.3. The number of nitrogens with one attached hydrogen (secondary N) is 2. The van der Waals surface area contributed by atoms with Gasteiger partial charge in [0.2, 0.25) is 5.91 Å². The zero-order valence-electron chi connectivity index (χ0n) is 23.5. The van der Waals surface area contributed by atoms with Gasteiger partial charge in [0.25, 0.3) is 0 Å². The van der Waals surface area contributed by atoms with Crippen molar-refractivity contribution < 1.29 is 9.18 Å². The molecule has 214 valence electrons. The van der Waals surface area contributed by atoms with Gasteiger partial charge in [0.05, 0.1) is 11.9 Å². The first-order valence-electron chi connectivity index (χ1n) is 16.2. The number of halogens is 1. The first kappa shape index (κ1) is 27.0. The van der Waals surface area contributed by atoms with Gasteiger partial charge < -0.3 is 11.1 Å². The van der Waals surface area contributed by atoms with Crippen molar-refractivity contribution in [1.29, 1.82) is 5.41 Å². The molecule has 7 heteroatoms. The molecule has 0 aromatic heterocycles. The molecule has 6 rings (SSSR count). The van der Waals surface area contributed by atoms with Crippen molar-refractivity contribution in [2.24, 2.45) is 35.3 Å². The molecule has 0 aromatic carbocycles. The highest BCUT2D eigenvalue weighted by molar-refractivity contribution is 5.83. The lowest BCUT2D eigenvalue weighted by Gasteiger charge is -2.45.